The van der Waals surface area contributed by atoms with E-state index in [0.29, 0.717) is 6.61 Å². The van der Waals surface area contributed by atoms with E-state index in [2.05, 4.69) is 12.2 Å². The van der Waals surface area contributed by atoms with E-state index in [4.69, 9.17) is 9.47 Å². The lowest BCUT2D eigenvalue weighted by Crippen LogP contribution is -2.47. The van der Waals surface area contributed by atoms with Crippen molar-refractivity contribution < 1.29 is 13.9 Å². The minimum atomic E-state index is -0.411. The van der Waals surface area contributed by atoms with Crippen molar-refractivity contribution in [3.8, 4) is 5.75 Å². The summed E-state index contributed by atoms with van der Waals surface area (Å²) < 4.78 is 24.5. The van der Waals surface area contributed by atoms with Gasteiger partial charge in [0, 0.05) is 13.1 Å². The van der Waals surface area contributed by atoms with Crippen LogP contribution in [0.2, 0.25) is 0 Å². The second-order valence-electron chi connectivity index (χ2n) is 4.22. The summed E-state index contributed by atoms with van der Waals surface area (Å²) in [6, 6.07) is 5.04. The van der Waals surface area contributed by atoms with Gasteiger partial charge in [0.1, 0.15) is 5.60 Å². The van der Waals surface area contributed by atoms with E-state index in [1.807, 2.05) is 6.07 Å². The van der Waals surface area contributed by atoms with Crippen molar-refractivity contribution in [1.82, 2.24) is 5.32 Å². The number of ether oxygens (including phenoxy) is 2. The second-order valence-corrected chi connectivity index (χ2v) is 4.22. The topological polar surface area (TPSA) is 30.5 Å². The van der Waals surface area contributed by atoms with Crippen LogP contribution in [0.15, 0.2) is 18.2 Å². The molecule has 3 nitrogen and oxygen atoms in total. The lowest BCUT2D eigenvalue weighted by atomic mass is 9.89. The molecule has 0 aliphatic carbocycles. The summed E-state index contributed by atoms with van der Waals surface area (Å²) in [5.41, 5.74) is 0.455. The predicted molar refractivity (Wildman–Crippen MR) is 63.7 cm³/mol. The van der Waals surface area contributed by atoms with Crippen molar-refractivity contribution in [2.24, 2.45) is 0 Å². The standard InChI is InChI=1S/C13H18FNO2/c1-3-13(9-15-6-7-17-13)10-4-5-12(16-2)11(14)8-10/h4-5,8,15H,3,6-7,9H2,1-2H3. The summed E-state index contributed by atoms with van der Waals surface area (Å²) in [6.07, 6.45) is 0.811. The van der Waals surface area contributed by atoms with Crippen molar-refractivity contribution in [3.05, 3.63) is 29.6 Å². The Hall–Kier alpha value is -1.13. The second kappa shape index (κ2) is 5.02. The number of methoxy groups -OCH3 is 1. The molecule has 0 spiro atoms. The van der Waals surface area contributed by atoms with Crippen molar-refractivity contribution in [3.63, 3.8) is 0 Å². The summed E-state index contributed by atoms with van der Waals surface area (Å²) >= 11 is 0. The Bertz CT molecular complexity index is 389. The van der Waals surface area contributed by atoms with E-state index in [9.17, 15) is 4.39 Å². The van der Waals surface area contributed by atoms with Gasteiger partial charge in [0.2, 0.25) is 0 Å². The summed E-state index contributed by atoms with van der Waals surface area (Å²) in [5, 5.41) is 3.29. The normalized spacial score (nSPS) is 24.6. The number of morpholine rings is 1. The molecule has 1 fully saturated rings. The maximum absolute atomic E-state index is 13.7. The number of benzene rings is 1. The zero-order chi connectivity index (χ0) is 12.3. The first-order valence-electron chi connectivity index (χ1n) is 5.90. The minimum absolute atomic E-state index is 0.267. The monoisotopic (exact) mass is 239 g/mol. The van der Waals surface area contributed by atoms with Gasteiger partial charge in [-0.25, -0.2) is 4.39 Å². The highest BCUT2D eigenvalue weighted by Gasteiger charge is 2.33. The van der Waals surface area contributed by atoms with Gasteiger partial charge in [-0.2, -0.15) is 0 Å². The molecule has 1 aliphatic heterocycles. The molecule has 0 radical (unpaired) electrons. The lowest BCUT2D eigenvalue weighted by Gasteiger charge is -2.37. The Morgan fingerprint density at radius 1 is 1.53 bits per heavy atom. The molecule has 0 saturated carbocycles. The van der Waals surface area contributed by atoms with Gasteiger partial charge in [0.15, 0.2) is 11.6 Å². The van der Waals surface area contributed by atoms with E-state index in [1.54, 1.807) is 6.07 Å². The van der Waals surface area contributed by atoms with Crippen LogP contribution in [0.25, 0.3) is 0 Å². The van der Waals surface area contributed by atoms with Crippen LogP contribution in [0, 0.1) is 5.82 Å². The van der Waals surface area contributed by atoms with Crippen LogP contribution in [0.5, 0.6) is 5.75 Å². The maximum Gasteiger partial charge on any atom is 0.165 e. The van der Waals surface area contributed by atoms with E-state index in [0.717, 1.165) is 25.1 Å². The Morgan fingerprint density at radius 3 is 2.88 bits per heavy atom. The summed E-state index contributed by atoms with van der Waals surface area (Å²) in [4.78, 5) is 0. The fourth-order valence-electron chi connectivity index (χ4n) is 2.23. The molecule has 1 N–H and O–H groups in total. The molecule has 94 valence electrons. The van der Waals surface area contributed by atoms with Crippen LogP contribution >= 0.6 is 0 Å². The smallest absolute Gasteiger partial charge is 0.165 e. The van der Waals surface area contributed by atoms with Gasteiger partial charge in [-0.15, -0.1) is 0 Å². The molecule has 2 rings (SSSR count). The molecule has 0 aromatic heterocycles. The molecule has 17 heavy (non-hydrogen) atoms. The first kappa shape index (κ1) is 12.3. The molecule has 1 saturated heterocycles. The molecule has 1 atom stereocenters. The Kier molecular flexibility index (Phi) is 3.64. The number of halogens is 1. The summed E-state index contributed by atoms with van der Waals surface area (Å²) in [7, 11) is 1.46. The van der Waals surface area contributed by atoms with Crippen molar-refractivity contribution in [2.75, 3.05) is 26.8 Å². The largest absolute Gasteiger partial charge is 0.494 e. The van der Waals surface area contributed by atoms with Gasteiger partial charge >= 0.3 is 0 Å². The van der Waals surface area contributed by atoms with E-state index < -0.39 is 5.60 Å². The lowest BCUT2D eigenvalue weighted by molar-refractivity contribution is -0.0739. The molecule has 0 amide bonds. The third kappa shape index (κ3) is 2.28. The third-order valence-corrected chi connectivity index (χ3v) is 3.32. The zero-order valence-electron chi connectivity index (χ0n) is 10.3. The zero-order valence-corrected chi connectivity index (χ0v) is 10.3. The SMILES string of the molecule is CCC1(c2ccc(OC)c(F)c2)CNCCO1. The molecular weight excluding hydrogens is 221 g/mol. The fourth-order valence-corrected chi connectivity index (χ4v) is 2.23. The number of hydrogen-bond donors (Lipinski definition) is 1. The number of hydrogen-bond acceptors (Lipinski definition) is 3. The van der Waals surface area contributed by atoms with Crippen LogP contribution in [-0.2, 0) is 10.3 Å². The van der Waals surface area contributed by atoms with Gasteiger partial charge < -0.3 is 14.8 Å². The number of nitrogens with one attached hydrogen (secondary N) is 1. The predicted octanol–water partition coefficient (Wildman–Crippen LogP) is 2.06. The first-order chi connectivity index (χ1) is 8.22. The first-order valence-corrected chi connectivity index (χ1v) is 5.90. The molecule has 0 bridgehead atoms. The molecular formula is C13H18FNO2. The third-order valence-electron chi connectivity index (χ3n) is 3.32. The average molecular weight is 239 g/mol. The molecule has 1 heterocycles. The van der Waals surface area contributed by atoms with Gasteiger partial charge in [-0.1, -0.05) is 13.0 Å². The minimum Gasteiger partial charge on any atom is -0.494 e. The van der Waals surface area contributed by atoms with Crippen LogP contribution in [0.3, 0.4) is 0 Å². The molecule has 1 aliphatic rings. The average Bonchev–Trinajstić information content (AvgIpc) is 2.39. The molecule has 1 aromatic rings. The molecule has 4 heteroatoms. The van der Waals surface area contributed by atoms with Crippen molar-refractivity contribution in [2.45, 2.75) is 18.9 Å². The highest BCUT2D eigenvalue weighted by molar-refractivity contribution is 5.33. The van der Waals surface area contributed by atoms with Crippen LogP contribution < -0.4 is 10.1 Å². The van der Waals surface area contributed by atoms with E-state index in [-0.39, 0.29) is 11.6 Å². The van der Waals surface area contributed by atoms with Gasteiger partial charge in [0.05, 0.1) is 13.7 Å². The van der Waals surface area contributed by atoms with Crippen molar-refractivity contribution in [1.29, 1.82) is 0 Å². The van der Waals surface area contributed by atoms with Crippen LogP contribution in [0.1, 0.15) is 18.9 Å². The summed E-state index contributed by atoms with van der Waals surface area (Å²) in [6.45, 7) is 4.27. The van der Waals surface area contributed by atoms with Gasteiger partial charge in [0.25, 0.3) is 0 Å². The fraction of sp³-hybridized carbons (Fsp3) is 0.538. The van der Waals surface area contributed by atoms with Gasteiger partial charge in [-0.05, 0) is 24.1 Å². The molecule has 1 unspecified atom stereocenters. The maximum atomic E-state index is 13.7. The van der Waals surface area contributed by atoms with E-state index >= 15 is 0 Å². The highest BCUT2D eigenvalue weighted by Crippen LogP contribution is 2.32. The Morgan fingerprint density at radius 2 is 2.35 bits per heavy atom. The quantitative estimate of drug-likeness (QED) is 0.875. The summed E-state index contributed by atoms with van der Waals surface area (Å²) in [5.74, 6) is -0.0734. The highest BCUT2D eigenvalue weighted by atomic mass is 19.1. The molecule has 1 aromatic carbocycles. The van der Waals surface area contributed by atoms with Crippen LogP contribution in [-0.4, -0.2) is 26.8 Å². The Balaban J connectivity index is 2.33. The Labute approximate surface area is 101 Å². The number of rotatable bonds is 3. The van der Waals surface area contributed by atoms with E-state index in [1.165, 1.54) is 13.2 Å². The van der Waals surface area contributed by atoms with Crippen molar-refractivity contribution >= 4 is 0 Å². The van der Waals surface area contributed by atoms with Crippen LogP contribution in [0.4, 0.5) is 4.39 Å². The van der Waals surface area contributed by atoms with Gasteiger partial charge in [-0.3, -0.25) is 0 Å².